The van der Waals surface area contributed by atoms with Crippen LogP contribution in [-0.4, -0.2) is 5.91 Å². The summed E-state index contributed by atoms with van der Waals surface area (Å²) in [5.41, 5.74) is 4.12. The van der Waals surface area contributed by atoms with Crippen LogP contribution in [0.15, 0.2) is 12.1 Å². The molecule has 1 amide bonds. The van der Waals surface area contributed by atoms with Crippen LogP contribution in [0, 0.1) is 29.4 Å². The molecule has 5 heteroatoms. The van der Waals surface area contributed by atoms with Crippen molar-refractivity contribution in [3.8, 4) is 6.07 Å². The van der Waals surface area contributed by atoms with Crippen LogP contribution in [0.4, 0.5) is 8.78 Å². The van der Waals surface area contributed by atoms with Crippen LogP contribution >= 0.6 is 0 Å². The Morgan fingerprint density at radius 2 is 2.20 bits per heavy atom. The first-order chi connectivity index (χ1) is 7.07. The minimum Gasteiger partial charge on any atom is -0.365 e. The highest BCUT2D eigenvalue weighted by Crippen LogP contribution is 2.17. The summed E-state index contributed by atoms with van der Waals surface area (Å²) in [6.07, 6.45) is 1.14. The topological polar surface area (TPSA) is 66.9 Å². The molecule has 1 rings (SSSR count). The lowest BCUT2D eigenvalue weighted by atomic mass is 10.0. The number of nitrogens with two attached hydrogens (primary N) is 1. The molecule has 0 aliphatic heterocycles. The molecule has 0 spiro atoms. The molecule has 15 heavy (non-hydrogen) atoms. The Morgan fingerprint density at radius 1 is 1.53 bits per heavy atom. The van der Waals surface area contributed by atoms with E-state index < -0.39 is 23.1 Å². The van der Waals surface area contributed by atoms with Gasteiger partial charge in [0.1, 0.15) is 17.2 Å². The summed E-state index contributed by atoms with van der Waals surface area (Å²) in [6, 6.07) is 3.82. The Bertz CT molecular complexity index is 438. The van der Waals surface area contributed by atoms with Gasteiger partial charge in [0.15, 0.2) is 0 Å². The number of hydrogen-bond donors (Lipinski definition) is 1. The molecule has 1 aromatic carbocycles. The lowest BCUT2D eigenvalue weighted by Crippen LogP contribution is -2.16. The van der Waals surface area contributed by atoms with Crippen molar-refractivity contribution in [2.24, 2.45) is 5.73 Å². The second kappa shape index (κ2) is 4.51. The summed E-state index contributed by atoms with van der Waals surface area (Å²) < 4.78 is 26.4. The summed E-state index contributed by atoms with van der Waals surface area (Å²) in [5, 5.41) is 8.26. The fourth-order valence-corrected chi connectivity index (χ4v) is 1.13. The largest absolute Gasteiger partial charge is 0.365 e. The highest BCUT2D eigenvalue weighted by atomic mass is 19.1. The minimum absolute atomic E-state index is 0.00287. The van der Waals surface area contributed by atoms with Gasteiger partial charge in [-0.1, -0.05) is 6.07 Å². The van der Waals surface area contributed by atoms with Crippen LogP contribution < -0.4 is 5.73 Å². The zero-order valence-electron chi connectivity index (χ0n) is 7.63. The van der Waals surface area contributed by atoms with E-state index in [1.165, 1.54) is 6.07 Å². The first-order valence-corrected chi connectivity index (χ1v) is 4.06. The average molecular weight is 209 g/mol. The molecule has 0 fully saturated rings. The summed E-state index contributed by atoms with van der Waals surface area (Å²) in [7, 11) is 0. The third-order valence-electron chi connectivity index (χ3n) is 1.83. The molecule has 0 heterocycles. The van der Waals surface area contributed by atoms with Gasteiger partial charge >= 0.3 is 0 Å². The van der Waals surface area contributed by atoms with Gasteiger partial charge in [0.2, 0.25) is 0 Å². The second-order valence-corrected chi connectivity index (χ2v) is 2.80. The standard InChI is InChI=1S/C10H7F2N2O/c11-7-4-3-6(2-1-5-13)9(12)8(7)10(14)15/h1,3-4H,2H2,(H2,14,15). The molecular weight excluding hydrogens is 202 g/mol. The smallest absolute Gasteiger partial charge is 0.254 e. The number of benzene rings is 1. The summed E-state index contributed by atoms with van der Waals surface area (Å²) in [4.78, 5) is 10.7. The van der Waals surface area contributed by atoms with Crippen LogP contribution in [0.25, 0.3) is 0 Å². The van der Waals surface area contributed by atoms with Gasteiger partial charge in [-0.15, -0.1) is 0 Å². The van der Waals surface area contributed by atoms with Gasteiger partial charge in [0, 0.05) is 0 Å². The molecule has 1 radical (unpaired) electrons. The Morgan fingerprint density at radius 3 is 2.73 bits per heavy atom. The number of amides is 1. The van der Waals surface area contributed by atoms with Crippen LogP contribution in [0.3, 0.4) is 0 Å². The van der Waals surface area contributed by atoms with E-state index in [1.54, 1.807) is 6.07 Å². The number of carbonyl (C=O) groups is 1. The normalized spacial score (nSPS) is 9.67. The zero-order valence-corrected chi connectivity index (χ0v) is 7.63. The maximum absolute atomic E-state index is 13.4. The van der Waals surface area contributed by atoms with Gasteiger partial charge < -0.3 is 5.73 Å². The lowest BCUT2D eigenvalue weighted by molar-refractivity contribution is 0.0992. The molecule has 3 nitrogen and oxygen atoms in total. The van der Waals surface area contributed by atoms with Gasteiger partial charge in [-0.2, -0.15) is 5.26 Å². The van der Waals surface area contributed by atoms with Crippen LogP contribution in [0.5, 0.6) is 0 Å². The molecular formula is C10H7F2N2O. The first-order valence-electron chi connectivity index (χ1n) is 4.06. The number of nitrogens with zero attached hydrogens (tertiary/aromatic N) is 1. The Hall–Kier alpha value is -1.96. The summed E-state index contributed by atoms with van der Waals surface area (Å²) in [5.74, 6) is -3.17. The van der Waals surface area contributed by atoms with E-state index >= 15 is 0 Å². The number of nitriles is 1. The number of halogens is 2. The molecule has 0 aromatic heterocycles. The number of carbonyl (C=O) groups excluding carboxylic acids is 1. The maximum atomic E-state index is 13.4. The van der Waals surface area contributed by atoms with E-state index in [-0.39, 0.29) is 12.0 Å². The predicted molar refractivity (Wildman–Crippen MR) is 48.5 cm³/mol. The van der Waals surface area contributed by atoms with Crippen molar-refractivity contribution in [3.05, 3.63) is 41.3 Å². The van der Waals surface area contributed by atoms with Crippen molar-refractivity contribution in [1.29, 1.82) is 5.26 Å². The van der Waals surface area contributed by atoms with E-state index in [4.69, 9.17) is 11.0 Å². The van der Waals surface area contributed by atoms with Crippen molar-refractivity contribution in [2.75, 3.05) is 0 Å². The Balaban J connectivity index is 3.17. The van der Waals surface area contributed by atoms with Crippen LogP contribution in [0.1, 0.15) is 15.9 Å². The fourth-order valence-electron chi connectivity index (χ4n) is 1.13. The van der Waals surface area contributed by atoms with Crippen molar-refractivity contribution in [2.45, 2.75) is 6.42 Å². The van der Waals surface area contributed by atoms with Gasteiger partial charge in [0.05, 0.1) is 12.5 Å². The van der Waals surface area contributed by atoms with E-state index in [0.717, 1.165) is 12.5 Å². The van der Waals surface area contributed by atoms with Crippen molar-refractivity contribution < 1.29 is 13.6 Å². The highest BCUT2D eigenvalue weighted by Gasteiger charge is 2.17. The molecule has 0 saturated heterocycles. The molecule has 0 aliphatic carbocycles. The Labute approximate surface area is 85.1 Å². The molecule has 77 valence electrons. The fraction of sp³-hybridized carbons (Fsp3) is 0.100. The van der Waals surface area contributed by atoms with E-state index in [9.17, 15) is 13.6 Å². The molecule has 0 atom stereocenters. The lowest BCUT2D eigenvalue weighted by Gasteiger charge is -2.05. The van der Waals surface area contributed by atoms with Gasteiger partial charge in [-0.25, -0.2) is 8.78 Å². The SMILES string of the molecule is N#C[CH]Cc1ccc(F)c(C(N)=O)c1F. The zero-order chi connectivity index (χ0) is 11.4. The molecule has 0 saturated carbocycles. The van der Waals surface area contributed by atoms with Crippen molar-refractivity contribution in [3.63, 3.8) is 0 Å². The number of hydrogen-bond acceptors (Lipinski definition) is 2. The van der Waals surface area contributed by atoms with E-state index in [2.05, 4.69) is 0 Å². The predicted octanol–water partition coefficient (Wildman–Crippen LogP) is 1.33. The van der Waals surface area contributed by atoms with Crippen molar-refractivity contribution in [1.82, 2.24) is 0 Å². The number of primary amides is 1. The quantitative estimate of drug-likeness (QED) is 0.816. The second-order valence-electron chi connectivity index (χ2n) is 2.80. The van der Waals surface area contributed by atoms with Crippen LogP contribution in [0.2, 0.25) is 0 Å². The van der Waals surface area contributed by atoms with Crippen molar-refractivity contribution >= 4 is 5.91 Å². The third kappa shape index (κ3) is 2.29. The minimum atomic E-state index is -1.16. The molecule has 0 aliphatic rings. The van der Waals surface area contributed by atoms with Gasteiger partial charge in [0.25, 0.3) is 5.91 Å². The van der Waals surface area contributed by atoms with Crippen LogP contribution in [-0.2, 0) is 6.42 Å². The first kappa shape index (κ1) is 11.1. The summed E-state index contributed by atoms with van der Waals surface area (Å²) in [6.45, 7) is 0. The van der Waals surface area contributed by atoms with Gasteiger partial charge in [-0.3, -0.25) is 4.79 Å². The monoisotopic (exact) mass is 209 g/mol. The van der Waals surface area contributed by atoms with E-state index in [1.807, 2.05) is 0 Å². The highest BCUT2D eigenvalue weighted by molar-refractivity contribution is 5.93. The average Bonchev–Trinajstić information content (AvgIpc) is 2.16. The Kier molecular flexibility index (Phi) is 3.34. The summed E-state index contributed by atoms with van der Waals surface area (Å²) >= 11 is 0. The molecule has 0 unspecified atom stereocenters. The van der Waals surface area contributed by atoms with Gasteiger partial charge in [-0.05, 0) is 18.1 Å². The van der Waals surface area contributed by atoms with E-state index in [0.29, 0.717) is 0 Å². The molecule has 2 N–H and O–H groups in total. The molecule has 1 aromatic rings. The third-order valence-corrected chi connectivity index (χ3v) is 1.83. The number of rotatable bonds is 3. The maximum Gasteiger partial charge on any atom is 0.254 e. The molecule has 0 bridgehead atoms.